The lowest BCUT2D eigenvalue weighted by molar-refractivity contribution is -0.139. The van der Waals surface area contributed by atoms with Gasteiger partial charge in [-0.2, -0.15) is 5.26 Å². The molecular formula is C20H19N3O4. The van der Waals surface area contributed by atoms with Gasteiger partial charge in [-0.3, -0.25) is 14.4 Å². The first-order valence-corrected chi connectivity index (χ1v) is 8.74. The van der Waals surface area contributed by atoms with Crippen molar-refractivity contribution in [3.63, 3.8) is 0 Å². The van der Waals surface area contributed by atoms with Crippen molar-refractivity contribution in [2.24, 2.45) is 0 Å². The van der Waals surface area contributed by atoms with Crippen LogP contribution >= 0.6 is 0 Å². The van der Waals surface area contributed by atoms with Gasteiger partial charge in [-0.15, -0.1) is 0 Å². The molecule has 1 unspecified atom stereocenters. The van der Waals surface area contributed by atoms with Crippen molar-refractivity contribution < 1.29 is 18.8 Å². The lowest BCUT2D eigenvalue weighted by Crippen LogP contribution is -2.45. The van der Waals surface area contributed by atoms with E-state index in [2.05, 4.69) is 0 Å². The number of furan rings is 1. The third-order valence-corrected chi connectivity index (χ3v) is 4.44. The fourth-order valence-corrected chi connectivity index (χ4v) is 3.12. The molecule has 7 heteroatoms. The fourth-order valence-electron chi connectivity index (χ4n) is 3.12. The van der Waals surface area contributed by atoms with Gasteiger partial charge in [0.2, 0.25) is 11.8 Å². The van der Waals surface area contributed by atoms with E-state index in [1.54, 1.807) is 36.4 Å². The van der Waals surface area contributed by atoms with Crippen molar-refractivity contribution in [1.29, 1.82) is 5.26 Å². The summed E-state index contributed by atoms with van der Waals surface area (Å²) in [5.74, 6) is -0.456. The minimum Gasteiger partial charge on any atom is -0.467 e. The maximum absolute atomic E-state index is 13.0. The summed E-state index contributed by atoms with van der Waals surface area (Å²) in [6, 6.07) is 10.8. The summed E-state index contributed by atoms with van der Waals surface area (Å²) in [5.41, 5.74) is 0.833. The second kappa shape index (κ2) is 7.87. The van der Waals surface area contributed by atoms with Gasteiger partial charge in [0.15, 0.2) is 0 Å². The van der Waals surface area contributed by atoms with Crippen molar-refractivity contribution in [1.82, 2.24) is 4.90 Å². The molecule has 1 aromatic heterocycles. The van der Waals surface area contributed by atoms with Crippen LogP contribution in [0.3, 0.4) is 0 Å². The molecule has 7 nitrogen and oxygen atoms in total. The second-order valence-electron chi connectivity index (χ2n) is 6.30. The Labute approximate surface area is 156 Å². The van der Waals surface area contributed by atoms with E-state index in [1.807, 2.05) is 13.0 Å². The molecule has 1 saturated heterocycles. The molecule has 2 heterocycles. The number of nitriles is 1. The van der Waals surface area contributed by atoms with Gasteiger partial charge in [0.05, 0.1) is 36.5 Å². The zero-order valence-corrected chi connectivity index (χ0v) is 14.9. The van der Waals surface area contributed by atoms with E-state index in [0.29, 0.717) is 23.4 Å². The van der Waals surface area contributed by atoms with E-state index in [1.165, 1.54) is 11.2 Å². The summed E-state index contributed by atoms with van der Waals surface area (Å²) in [4.78, 5) is 40.6. The van der Waals surface area contributed by atoms with E-state index in [4.69, 9.17) is 9.68 Å². The summed E-state index contributed by atoms with van der Waals surface area (Å²) in [6.07, 6.45) is 2.36. The number of imide groups is 1. The molecule has 1 aliphatic rings. The van der Waals surface area contributed by atoms with Gasteiger partial charge in [0.25, 0.3) is 5.91 Å². The molecule has 0 bridgehead atoms. The number of carbonyl (C=O) groups is 3. The summed E-state index contributed by atoms with van der Waals surface area (Å²) in [7, 11) is 0. The third kappa shape index (κ3) is 3.75. The Morgan fingerprint density at radius 1 is 1.30 bits per heavy atom. The van der Waals surface area contributed by atoms with Crippen molar-refractivity contribution >= 4 is 23.4 Å². The number of amides is 3. The average Bonchev–Trinajstić information content (AvgIpc) is 3.28. The highest BCUT2D eigenvalue weighted by Crippen LogP contribution is 2.27. The zero-order chi connectivity index (χ0) is 19.4. The molecule has 0 spiro atoms. The molecule has 0 aliphatic carbocycles. The van der Waals surface area contributed by atoms with Crippen molar-refractivity contribution in [2.45, 2.75) is 38.8 Å². The Bertz CT molecular complexity index is 881. The zero-order valence-electron chi connectivity index (χ0n) is 14.9. The Hall–Kier alpha value is -3.40. The van der Waals surface area contributed by atoms with Gasteiger partial charge in [0, 0.05) is 6.42 Å². The van der Waals surface area contributed by atoms with Crippen LogP contribution in [0.1, 0.15) is 37.5 Å². The molecule has 2 aromatic rings. The Balaban J connectivity index is 1.87. The van der Waals surface area contributed by atoms with Crippen LogP contribution in [0.15, 0.2) is 47.1 Å². The largest absolute Gasteiger partial charge is 0.467 e. The number of anilines is 1. The quantitative estimate of drug-likeness (QED) is 0.734. The predicted molar refractivity (Wildman–Crippen MR) is 96.2 cm³/mol. The van der Waals surface area contributed by atoms with E-state index < -0.39 is 11.9 Å². The van der Waals surface area contributed by atoms with Crippen LogP contribution in [0.5, 0.6) is 0 Å². The first-order valence-electron chi connectivity index (χ1n) is 8.74. The summed E-state index contributed by atoms with van der Waals surface area (Å²) >= 11 is 0. The predicted octanol–water partition coefficient (Wildman–Crippen LogP) is 2.61. The molecule has 1 atom stereocenters. The van der Waals surface area contributed by atoms with Gasteiger partial charge < -0.3 is 9.32 Å². The monoisotopic (exact) mass is 365 g/mol. The number of hydrogen-bond acceptors (Lipinski definition) is 5. The van der Waals surface area contributed by atoms with Gasteiger partial charge in [-0.25, -0.2) is 4.90 Å². The lowest BCUT2D eigenvalue weighted by Gasteiger charge is -2.26. The highest BCUT2D eigenvalue weighted by Gasteiger charge is 2.44. The van der Waals surface area contributed by atoms with Crippen LogP contribution in [0.4, 0.5) is 5.69 Å². The molecule has 0 saturated carbocycles. The highest BCUT2D eigenvalue weighted by atomic mass is 16.3. The number of nitrogens with zero attached hydrogens (tertiary/aromatic N) is 3. The number of benzene rings is 1. The minimum absolute atomic E-state index is 0.0744. The SMILES string of the molecule is CCCC(=O)N(Cc1ccco1)C1CC(=O)N(c2ccc(C#N)cc2)C1=O. The summed E-state index contributed by atoms with van der Waals surface area (Å²) < 4.78 is 5.32. The third-order valence-electron chi connectivity index (χ3n) is 4.44. The molecule has 138 valence electrons. The molecule has 0 N–H and O–H groups in total. The lowest BCUT2D eigenvalue weighted by atomic mass is 10.1. The molecule has 1 aliphatic heterocycles. The van der Waals surface area contributed by atoms with Crippen LogP contribution in [0.25, 0.3) is 0 Å². The van der Waals surface area contributed by atoms with E-state index in [9.17, 15) is 14.4 Å². The maximum atomic E-state index is 13.0. The van der Waals surface area contributed by atoms with Gasteiger partial charge in [0.1, 0.15) is 11.8 Å². The molecule has 0 radical (unpaired) electrons. The van der Waals surface area contributed by atoms with Crippen LogP contribution in [-0.4, -0.2) is 28.7 Å². The van der Waals surface area contributed by atoms with Crippen molar-refractivity contribution in [3.8, 4) is 6.07 Å². The second-order valence-corrected chi connectivity index (χ2v) is 6.30. The first-order chi connectivity index (χ1) is 13.0. The highest BCUT2D eigenvalue weighted by molar-refractivity contribution is 6.23. The van der Waals surface area contributed by atoms with E-state index in [-0.39, 0.29) is 31.2 Å². The number of rotatable bonds is 6. The normalized spacial score (nSPS) is 16.4. The average molecular weight is 365 g/mol. The molecule has 3 amide bonds. The van der Waals surface area contributed by atoms with Crippen LogP contribution in [0.2, 0.25) is 0 Å². The van der Waals surface area contributed by atoms with E-state index in [0.717, 1.165) is 4.90 Å². The van der Waals surface area contributed by atoms with Gasteiger partial charge >= 0.3 is 0 Å². The Morgan fingerprint density at radius 2 is 2.04 bits per heavy atom. The summed E-state index contributed by atoms with van der Waals surface area (Å²) in [6.45, 7) is 2.02. The topological polar surface area (TPSA) is 94.6 Å². The van der Waals surface area contributed by atoms with E-state index >= 15 is 0 Å². The van der Waals surface area contributed by atoms with Crippen molar-refractivity contribution in [3.05, 3.63) is 54.0 Å². The molecular weight excluding hydrogens is 346 g/mol. The van der Waals surface area contributed by atoms with Crippen LogP contribution < -0.4 is 4.90 Å². The first kappa shape index (κ1) is 18.4. The molecule has 1 aromatic carbocycles. The van der Waals surface area contributed by atoms with Crippen LogP contribution in [-0.2, 0) is 20.9 Å². The maximum Gasteiger partial charge on any atom is 0.257 e. The number of carbonyl (C=O) groups excluding carboxylic acids is 3. The smallest absolute Gasteiger partial charge is 0.257 e. The Morgan fingerprint density at radius 3 is 2.63 bits per heavy atom. The molecule has 1 fully saturated rings. The fraction of sp³-hybridized carbons (Fsp3) is 0.300. The Kier molecular flexibility index (Phi) is 5.36. The molecule has 3 rings (SSSR count). The minimum atomic E-state index is -0.864. The molecule has 27 heavy (non-hydrogen) atoms. The van der Waals surface area contributed by atoms with Gasteiger partial charge in [-0.05, 0) is 42.8 Å². The summed E-state index contributed by atoms with van der Waals surface area (Å²) in [5, 5.41) is 8.90. The van der Waals surface area contributed by atoms with Gasteiger partial charge in [-0.1, -0.05) is 6.92 Å². The van der Waals surface area contributed by atoms with Crippen LogP contribution in [0, 0.1) is 11.3 Å². The standard InChI is InChI=1S/C20H19N3O4/c1-2-4-18(24)22(13-16-5-3-10-27-16)17-11-19(25)23(20(17)26)15-8-6-14(12-21)7-9-15/h3,5-10,17H,2,4,11,13H2,1H3. The number of hydrogen-bond donors (Lipinski definition) is 0. The van der Waals surface area contributed by atoms with Crippen molar-refractivity contribution in [2.75, 3.05) is 4.90 Å².